The second-order valence-corrected chi connectivity index (χ2v) is 8.62. The molecule has 1 heterocycles. The highest BCUT2D eigenvalue weighted by Gasteiger charge is 2.41. The lowest BCUT2D eigenvalue weighted by molar-refractivity contribution is -0.125. The van der Waals surface area contributed by atoms with Crippen LogP contribution >= 0.6 is 11.6 Å². The number of nitrogens with two attached hydrogens (primary N) is 1. The van der Waals surface area contributed by atoms with Gasteiger partial charge in [0.05, 0.1) is 0 Å². The molecule has 2 unspecified atom stereocenters. The minimum Gasteiger partial charge on any atom is -0.366 e. The summed E-state index contributed by atoms with van der Waals surface area (Å²) in [6.07, 6.45) is 0. The van der Waals surface area contributed by atoms with Gasteiger partial charge in [0, 0.05) is 29.2 Å². The third-order valence-electron chi connectivity index (χ3n) is 5.92. The van der Waals surface area contributed by atoms with Crippen molar-refractivity contribution in [3.05, 3.63) is 106 Å². The van der Waals surface area contributed by atoms with Crippen molar-refractivity contribution in [1.82, 2.24) is 10.2 Å². The van der Waals surface area contributed by atoms with Crippen LogP contribution < -0.4 is 11.1 Å². The molecule has 3 amide bonds. The van der Waals surface area contributed by atoms with E-state index in [0.717, 1.165) is 11.1 Å². The predicted molar refractivity (Wildman–Crippen MR) is 127 cm³/mol. The average molecular weight is 462 g/mol. The Labute approximate surface area is 197 Å². The molecule has 0 radical (unpaired) electrons. The molecule has 0 aromatic heterocycles. The van der Waals surface area contributed by atoms with E-state index in [1.165, 1.54) is 0 Å². The number of hydrogen-bond acceptors (Lipinski definition) is 3. The van der Waals surface area contributed by atoms with Crippen LogP contribution in [0.25, 0.3) is 0 Å². The molecule has 6 nitrogen and oxygen atoms in total. The quantitative estimate of drug-likeness (QED) is 0.555. The van der Waals surface area contributed by atoms with E-state index in [4.69, 9.17) is 17.3 Å². The molecule has 4 rings (SSSR count). The number of carbonyl (C=O) groups excluding carboxylic acids is 3. The summed E-state index contributed by atoms with van der Waals surface area (Å²) in [5.41, 5.74) is 8.80. The molecule has 33 heavy (non-hydrogen) atoms. The SMILES string of the molecule is CC(CN1C(=O)c2ccccc2C1C(=O)NCc1ccc(C(N)=O)cc1)c1ccc(Cl)cc1. The number of hydrogen-bond donors (Lipinski definition) is 2. The lowest BCUT2D eigenvalue weighted by Crippen LogP contribution is -2.40. The Kier molecular flexibility index (Phi) is 6.47. The standard InChI is InChI=1S/C26H24ClN3O3/c1-16(18-10-12-20(27)13-11-18)15-30-23(21-4-2-3-5-22(21)26(30)33)25(32)29-14-17-6-8-19(9-7-17)24(28)31/h2-13,16,23H,14-15H2,1H3,(H2,28,31)(H,29,32). The van der Waals surface area contributed by atoms with Crippen LogP contribution in [0.3, 0.4) is 0 Å². The first-order chi connectivity index (χ1) is 15.8. The van der Waals surface area contributed by atoms with E-state index < -0.39 is 11.9 Å². The molecular formula is C26H24ClN3O3. The molecule has 0 fully saturated rings. The molecule has 168 valence electrons. The number of benzene rings is 3. The van der Waals surface area contributed by atoms with Crippen molar-refractivity contribution in [1.29, 1.82) is 0 Å². The molecule has 2 atom stereocenters. The van der Waals surface area contributed by atoms with Crippen molar-refractivity contribution in [3.63, 3.8) is 0 Å². The molecule has 0 saturated carbocycles. The van der Waals surface area contributed by atoms with Crippen LogP contribution in [0.4, 0.5) is 0 Å². The van der Waals surface area contributed by atoms with Crippen LogP contribution in [-0.2, 0) is 11.3 Å². The van der Waals surface area contributed by atoms with Gasteiger partial charge < -0.3 is 16.0 Å². The highest BCUT2D eigenvalue weighted by molar-refractivity contribution is 6.30. The van der Waals surface area contributed by atoms with Gasteiger partial charge in [0.15, 0.2) is 0 Å². The molecule has 7 heteroatoms. The highest BCUT2D eigenvalue weighted by Crippen LogP contribution is 2.35. The monoisotopic (exact) mass is 461 g/mol. The number of rotatable bonds is 7. The lowest BCUT2D eigenvalue weighted by Gasteiger charge is -2.27. The van der Waals surface area contributed by atoms with Gasteiger partial charge in [-0.1, -0.05) is 61.0 Å². The molecule has 1 aliphatic rings. The Morgan fingerprint density at radius 1 is 1.03 bits per heavy atom. The number of amides is 3. The Bertz CT molecular complexity index is 1190. The molecule has 0 bridgehead atoms. The van der Waals surface area contributed by atoms with E-state index in [1.54, 1.807) is 41.3 Å². The summed E-state index contributed by atoms with van der Waals surface area (Å²) in [6, 6.07) is 20.8. The first-order valence-corrected chi connectivity index (χ1v) is 11.0. The van der Waals surface area contributed by atoms with E-state index in [2.05, 4.69) is 5.32 Å². The fourth-order valence-electron chi connectivity index (χ4n) is 4.11. The second kappa shape index (κ2) is 9.46. The van der Waals surface area contributed by atoms with Gasteiger partial charge in [-0.2, -0.15) is 0 Å². The van der Waals surface area contributed by atoms with E-state index in [9.17, 15) is 14.4 Å². The zero-order valence-corrected chi connectivity index (χ0v) is 18.9. The van der Waals surface area contributed by atoms with Crippen molar-refractivity contribution in [2.45, 2.75) is 25.4 Å². The number of halogens is 1. The van der Waals surface area contributed by atoms with E-state index in [1.807, 2.05) is 43.3 Å². The van der Waals surface area contributed by atoms with Gasteiger partial charge in [0.25, 0.3) is 5.91 Å². The second-order valence-electron chi connectivity index (χ2n) is 8.18. The van der Waals surface area contributed by atoms with E-state index >= 15 is 0 Å². The Morgan fingerprint density at radius 2 is 1.70 bits per heavy atom. The van der Waals surface area contributed by atoms with Crippen LogP contribution in [0.15, 0.2) is 72.8 Å². The van der Waals surface area contributed by atoms with Gasteiger partial charge in [-0.25, -0.2) is 0 Å². The maximum absolute atomic E-state index is 13.3. The van der Waals surface area contributed by atoms with Crippen LogP contribution in [0.5, 0.6) is 0 Å². The fourth-order valence-corrected chi connectivity index (χ4v) is 4.23. The predicted octanol–water partition coefficient (Wildman–Crippen LogP) is 4.06. The maximum Gasteiger partial charge on any atom is 0.255 e. The summed E-state index contributed by atoms with van der Waals surface area (Å²) in [5.74, 6) is -0.901. The van der Waals surface area contributed by atoms with Gasteiger partial charge in [0.1, 0.15) is 6.04 Å². The van der Waals surface area contributed by atoms with Crippen molar-refractivity contribution in [3.8, 4) is 0 Å². The fraction of sp³-hybridized carbons (Fsp3) is 0.192. The molecule has 3 N–H and O–H groups in total. The summed E-state index contributed by atoms with van der Waals surface area (Å²) in [5, 5.41) is 3.58. The Balaban J connectivity index is 1.53. The molecule has 0 spiro atoms. The van der Waals surface area contributed by atoms with Crippen LogP contribution in [-0.4, -0.2) is 29.2 Å². The Hall–Kier alpha value is -3.64. The van der Waals surface area contributed by atoms with E-state index in [-0.39, 0.29) is 24.3 Å². The van der Waals surface area contributed by atoms with Gasteiger partial charge in [-0.05, 0) is 52.9 Å². The molecule has 3 aromatic carbocycles. The third-order valence-corrected chi connectivity index (χ3v) is 6.17. The number of fused-ring (bicyclic) bond motifs is 1. The van der Waals surface area contributed by atoms with Crippen molar-refractivity contribution >= 4 is 29.3 Å². The van der Waals surface area contributed by atoms with Gasteiger partial charge >= 0.3 is 0 Å². The summed E-state index contributed by atoms with van der Waals surface area (Å²) in [7, 11) is 0. The maximum atomic E-state index is 13.3. The van der Waals surface area contributed by atoms with Crippen LogP contribution in [0.1, 0.15) is 56.3 Å². The zero-order chi connectivity index (χ0) is 23.5. The first kappa shape index (κ1) is 22.6. The summed E-state index contributed by atoms with van der Waals surface area (Å²) in [6.45, 7) is 2.68. The molecule has 1 aliphatic heterocycles. The Morgan fingerprint density at radius 3 is 2.36 bits per heavy atom. The van der Waals surface area contributed by atoms with Crippen LogP contribution in [0.2, 0.25) is 5.02 Å². The summed E-state index contributed by atoms with van der Waals surface area (Å²) >= 11 is 6.00. The molecule has 0 saturated heterocycles. The number of nitrogens with one attached hydrogen (secondary N) is 1. The minimum atomic E-state index is -0.714. The zero-order valence-electron chi connectivity index (χ0n) is 18.1. The smallest absolute Gasteiger partial charge is 0.255 e. The first-order valence-electron chi connectivity index (χ1n) is 10.7. The van der Waals surface area contributed by atoms with Gasteiger partial charge in [-0.3, -0.25) is 14.4 Å². The van der Waals surface area contributed by atoms with Crippen LogP contribution in [0, 0.1) is 0 Å². The van der Waals surface area contributed by atoms with Crippen molar-refractivity contribution in [2.24, 2.45) is 5.73 Å². The van der Waals surface area contributed by atoms with Gasteiger partial charge in [-0.15, -0.1) is 0 Å². The normalized spacial score (nSPS) is 15.8. The molecule has 0 aliphatic carbocycles. The van der Waals surface area contributed by atoms with E-state index in [0.29, 0.717) is 28.3 Å². The minimum absolute atomic E-state index is 0.0113. The molecule has 3 aromatic rings. The lowest BCUT2D eigenvalue weighted by atomic mass is 9.99. The van der Waals surface area contributed by atoms with Gasteiger partial charge in [0.2, 0.25) is 11.8 Å². The van der Waals surface area contributed by atoms with Crippen molar-refractivity contribution in [2.75, 3.05) is 6.54 Å². The summed E-state index contributed by atoms with van der Waals surface area (Å²) in [4.78, 5) is 39.4. The summed E-state index contributed by atoms with van der Waals surface area (Å²) < 4.78 is 0. The number of nitrogens with zero attached hydrogens (tertiary/aromatic N) is 1. The topological polar surface area (TPSA) is 92.5 Å². The number of primary amides is 1. The largest absolute Gasteiger partial charge is 0.366 e. The highest BCUT2D eigenvalue weighted by atomic mass is 35.5. The number of carbonyl (C=O) groups is 3. The average Bonchev–Trinajstić information content (AvgIpc) is 3.09. The molecular weight excluding hydrogens is 438 g/mol. The third kappa shape index (κ3) is 4.76. The van der Waals surface area contributed by atoms with Crippen molar-refractivity contribution < 1.29 is 14.4 Å².